The summed E-state index contributed by atoms with van der Waals surface area (Å²) in [6, 6.07) is 1.23. The Labute approximate surface area is 106 Å². The number of likely N-dealkylation sites (tertiary alicyclic amines) is 1. The highest BCUT2D eigenvalue weighted by atomic mass is 15.2. The lowest BCUT2D eigenvalue weighted by Gasteiger charge is -2.33. The van der Waals surface area contributed by atoms with Gasteiger partial charge in [0.2, 0.25) is 0 Å². The zero-order chi connectivity index (χ0) is 12.3. The van der Waals surface area contributed by atoms with Crippen molar-refractivity contribution in [2.24, 2.45) is 11.7 Å². The van der Waals surface area contributed by atoms with Crippen molar-refractivity contribution in [3.63, 3.8) is 0 Å². The van der Waals surface area contributed by atoms with Crippen LogP contribution in [0.4, 0.5) is 0 Å². The van der Waals surface area contributed by atoms with E-state index in [9.17, 15) is 0 Å². The Kier molecular flexibility index (Phi) is 4.83. The van der Waals surface area contributed by atoms with Crippen LogP contribution in [0, 0.1) is 5.92 Å². The molecule has 0 aromatic heterocycles. The van der Waals surface area contributed by atoms with Crippen LogP contribution in [-0.4, -0.2) is 55.6 Å². The minimum atomic E-state index is 0.451. The summed E-state index contributed by atoms with van der Waals surface area (Å²) in [6.45, 7) is 3.70. The molecule has 100 valence electrons. The first-order chi connectivity index (χ1) is 8.16. The minimum Gasteiger partial charge on any atom is -0.327 e. The van der Waals surface area contributed by atoms with Crippen molar-refractivity contribution in [1.82, 2.24) is 9.80 Å². The smallest absolute Gasteiger partial charge is 0.0220 e. The van der Waals surface area contributed by atoms with E-state index in [-0.39, 0.29) is 0 Å². The first kappa shape index (κ1) is 13.3. The molecule has 3 atom stereocenters. The summed E-state index contributed by atoms with van der Waals surface area (Å²) in [5, 5.41) is 0. The summed E-state index contributed by atoms with van der Waals surface area (Å²) in [4.78, 5) is 5.03. The number of likely N-dealkylation sites (N-methyl/N-ethyl adjacent to an activating group) is 2. The highest BCUT2D eigenvalue weighted by Crippen LogP contribution is 2.24. The van der Waals surface area contributed by atoms with Gasteiger partial charge in [0.05, 0.1) is 0 Å². The number of hydrogen-bond donors (Lipinski definition) is 1. The molecule has 3 unspecified atom stereocenters. The molecule has 17 heavy (non-hydrogen) atoms. The van der Waals surface area contributed by atoms with Crippen LogP contribution in [0.2, 0.25) is 0 Å². The van der Waals surface area contributed by atoms with Crippen molar-refractivity contribution >= 4 is 0 Å². The molecule has 0 amide bonds. The molecule has 1 aliphatic carbocycles. The third-order valence-electron chi connectivity index (χ3n) is 4.71. The van der Waals surface area contributed by atoms with Crippen LogP contribution in [-0.2, 0) is 0 Å². The van der Waals surface area contributed by atoms with E-state index in [4.69, 9.17) is 5.73 Å². The van der Waals surface area contributed by atoms with Gasteiger partial charge in [-0.3, -0.25) is 0 Å². The summed E-state index contributed by atoms with van der Waals surface area (Å²) in [5.41, 5.74) is 6.23. The van der Waals surface area contributed by atoms with E-state index >= 15 is 0 Å². The average Bonchev–Trinajstić information content (AvgIpc) is 2.68. The fourth-order valence-electron chi connectivity index (χ4n) is 3.51. The summed E-state index contributed by atoms with van der Waals surface area (Å²) >= 11 is 0. The normalized spacial score (nSPS) is 35.6. The first-order valence-corrected chi connectivity index (χ1v) is 7.31. The third-order valence-corrected chi connectivity index (χ3v) is 4.71. The van der Waals surface area contributed by atoms with Crippen molar-refractivity contribution in [3.8, 4) is 0 Å². The van der Waals surface area contributed by atoms with E-state index in [1.165, 1.54) is 58.2 Å². The molecule has 1 aliphatic heterocycles. The molecule has 2 N–H and O–H groups in total. The Bertz CT molecular complexity index is 232. The molecule has 3 heteroatoms. The number of rotatable bonds is 4. The van der Waals surface area contributed by atoms with Crippen LogP contribution in [0.5, 0.6) is 0 Å². The Morgan fingerprint density at radius 3 is 2.53 bits per heavy atom. The number of hydrogen-bond acceptors (Lipinski definition) is 3. The molecular weight excluding hydrogens is 210 g/mol. The Hall–Kier alpha value is -0.120. The lowest BCUT2D eigenvalue weighted by Crippen LogP contribution is -2.43. The quantitative estimate of drug-likeness (QED) is 0.807. The maximum Gasteiger partial charge on any atom is 0.0220 e. The molecule has 0 aromatic carbocycles. The predicted octanol–water partition coefficient (Wildman–Crippen LogP) is 1.53. The van der Waals surface area contributed by atoms with Crippen LogP contribution < -0.4 is 5.73 Å². The fraction of sp³-hybridized carbons (Fsp3) is 1.00. The predicted molar refractivity (Wildman–Crippen MR) is 73.1 cm³/mol. The standard InChI is InChI=1S/C14H29N3/c1-16(11-13-7-5-9-17(13)2)10-12-6-3-4-8-14(12)15/h12-14H,3-11,15H2,1-2H3. The summed E-state index contributed by atoms with van der Waals surface area (Å²) in [7, 11) is 4.53. The molecule has 2 fully saturated rings. The first-order valence-electron chi connectivity index (χ1n) is 7.31. The average molecular weight is 239 g/mol. The molecule has 0 bridgehead atoms. The molecule has 0 aromatic rings. The van der Waals surface area contributed by atoms with Gasteiger partial charge in [-0.15, -0.1) is 0 Å². The summed E-state index contributed by atoms with van der Waals surface area (Å²) < 4.78 is 0. The number of nitrogens with zero attached hydrogens (tertiary/aromatic N) is 2. The van der Waals surface area contributed by atoms with E-state index in [1.54, 1.807) is 0 Å². The highest BCUT2D eigenvalue weighted by molar-refractivity contribution is 4.83. The number of nitrogens with two attached hydrogens (primary N) is 1. The third kappa shape index (κ3) is 3.67. The van der Waals surface area contributed by atoms with Gasteiger partial charge in [0.1, 0.15) is 0 Å². The molecule has 2 rings (SSSR count). The molecule has 2 aliphatic rings. The second kappa shape index (κ2) is 6.17. The Morgan fingerprint density at radius 2 is 1.88 bits per heavy atom. The molecule has 0 radical (unpaired) electrons. The SMILES string of the molecule is CN(CC1CCCCC1N)CC1CCCN1C. The van der Waals surface area contributed by atoms with E-state index in [1.807, 2.05) is 0 Å². The van der Waals surface area contributed by atoms with Gasteiger partial charge in [-0.2, -0.15) is 0 Å². The van der Waals surface area contributed by atoms with Gasteiger partial charge < -0.3 is 15.5 Å². The topological polar surface area (TPSA) is 32.5 Å². The summed E-state index contributed by atoms with van der Waals surface area (Å²) in [6.07, 6.45) is 8.05. The maximum atomic E-state index is 6.23. The lowest BCUT2D eigenvalue weighted by atomic mass is 9.85. The second-order valence-corrected chi connectivity index (χ2v) is 6.21. The van der Waals surface area contributed by atoms with Crippen LogP contribution in [0.1, 0.15) is 38.5 Å². The van der Waals surface area contributed by atoms with E-state index in [2.05, 4.69) is 23.9 Å². The zero-order valence-corrected chi connectivity index (χ0v) is 11.6. The van der Waals surface area contributed by atoms with Crippen LogP contribution in [0.15, 0.2) is 0 Å². The summed E-state index contributed by atoms with van der Waals surface area (Å²) in [5.74, 6) is 0.737. The molecule has 1 heterocycles. The molecule has 3 nitrogen and oxygen atoms in total. The van der Waals surface area contributed by atoms with Gasteiger partial charge >= 0.3 is 0 Å². The molecule has 1 saturated carbocycles. The van der Waals surface area contributed by atoms with Crippen LogP contribution in [0.3, 0.4) is 0 Å². The largest absolute Gasteiger partial charge is 0.327 e. The fourth-order valence-corrected chi connectivity index (χ4v) is 3.51. The highest BCUT2D eigenvalue weighted by Gasteiger charge is 2.26. The lowest BCUT2D eigenvalue weighted by molar-refractivity contribution is 0.172. The maximum absolute atomic E-state index is 6.23. The van der Waals surface area contributed by atoms with Crippen LogP contribution in [0.25, 0.3) is 0 Å². The monoisotopic (exact) mass is 239 g/mol. The zero-order valence-electron chi connectivity index (χ0n) is 11.6. The van der Waals surface area contributed by atoms with Gasteiger partial charge in [0.15, 0.2) is 0 Å². The second-order valence-electron chi connectivity index (χ2n) is 6.21. The Morgan fingerprint density at radius 1 is 1.12 bits per heavy atom. The van der Waals surface area contributed by atoms with Gasteiger partial charge in [-0.05, 0) is 52.2 Å². The van der Waals surface area contributed by atoms with Gasteiger partial charge in [-0.25, -0.2) is 0 Å². The van der Waals surface area contributed by atoms with Crippen LogP contribution >= 0.6 is 0 Å². The molecule has 1 saturated heterocycles. The van der Waals surface area contributed by atoms with Gasteiger partial charge in [0, 0.05) is 25.2 Å². The van der Waals surface area contributed by atoms with E-state index < -0.39 is 0 Å². The van der Waals surface area contributed by atoms with Crippen molar-refractivity contribution in [2.75, 3.05) is 33.7 Å². The van der Waals surface area contributed by atoms with Crippen molar-refractivity contribution in [3.05, 3.63) is 0 Å². The van der Waals surface area contributed by atoms with Crippen molar-refractivity contribution in [2.45, 2.75) is 50.6 Å². The minimum absolute atomic E-state index is 0.451. The molecule has 0 spiro atoms. The molecular formula is C14H29N3. The van der Waals surface area contributed by atoms with E-state index in [0.717, 1.165) is 12.0 Å². The van der Waals surface area contributed by atoms with Crippen molar-refractivity contribution in [1.29, 1.82) is 0 Å². The Balaban J connectivity index is 1.74. The van der Waals surface area contributed by atoms with Crippen molar-refractivity contribution < 1.29 is 0 Å². The van der Waals surface area contributed by atoms with Gasteiger partial charge in [-0.1, -0.05) is 12.8 Å². The van der Waals surface area contributed by atoms with E-state index in [0.29, 0.717) is 6.04 Å². The van der Waals surface area contributed by atoms with Gasteiger partial charge in [0.25, 0.3) is 0 Å².